The van der Waals surface area contributed by atoms with Gasteiger partial charge in [-0.15, -0.1) is 24.0 Å². The zero-order valence-electron chi connectivity index (χ0n) is 15.3. The predicted molar refractivity (Wildman–Crippen MR) is 112 cm³/mol. The highest BCUT2D eigenvalue weighted by Crippen LogP contribution is 2.18. The topological polar surface area (TPSA) is 54.9 Å². The summed E-state index contributed by atoms with van der Waals surface area (Å²) < 4.78 is 11.2. The Balaban J connectivity index is 0.00000529. The number of aliphatic imine (C=N–C) groups is 1. The van der Waals surface area contributed by atoms with Gasteiger partial charge in [0.2, 0.25) is 0 Å². The summed E-state index contributed by atoms with van der Waals surface area (Å²) >= 11 is 0. The van der Waals surface area contributed by atoms with Crippen LogP contribution in [0.15, 0.2) is 29.3 Å². The molecule has 1 rings (SSSR count). The van der Waals surface area contributed by atoms with Crippen LogP contribution in [0.3, 0.4) is 0 Å². The molecule has 2 N–H and O–H groups in total. The van der Waals surface area contributed by atoms with Gasteiger partial charge >= 0.3 is 0 Å². The molecule has 0 unspecified atom stereocenters. The van der Waals surface area contributed by atoms with Crippen LogP contribution in [0.2, 0.25) is 0 Å². The smallest absolute Gasteiger partial charge is 0.191 e. The molecule has 0 heterocycles. The summed E-state index contributed by atoms with van der Waals surface area (Å²) in [6.07, 6.45) is 1.06. The first kappa shape index (κ1) is 23.0. The van der Waals surface area contributed by atoms with Gasteiger partial charge in [0, 0.05) is 32.3 Å². The SMILES string of the molecule is CCOCCNC(=NC)NCc1ccccc1OCCC(C)C.I. The molecule has 0 atom stereocenters. The lowest BCUT2D eigenvalue weighted by atomic mass is 10.1. The molecular formula is C18H32IN3O2. The van der Waals surface area contributed by atoms with Gasteiger partial charge in [-0.05, 0) is 25.3 Å². The number of benzene rings is 1. The Morgan fingerprint density at radius 2 is 1.92 bits per heavy atom. The number of nitrogens with zero attached hydrogens (tertiary/aromatic N) is 1. The van der Waals surface area contributed by atoms with Crippen molar-refractivity contribution in [2.45, 2.75) is 33.7 Å². The van der Waals surface area contributed by atoms with Crippen LogP contribution < -0.4 is 15.4 Å². The van der Waals surface area contributed by atoms with Gasteiger partial charge in [-0.25, -0.2) is 0 Å². The number of halogens is 1. The normalized spacial score (nSPS) is 11.1. The fourth-order valence-electron chi connectivity index (χ4n) is 1.98. The fourth-order valence-corrected chi connectivity index (χ4v) is 1.98. The minimum Gasteiger partial charge on any atom is -0.493 e. The van der Waals surface area contributed by atoms with Crippen molar-refractivity contribution < 1.29 is 9.47 Å². The zero-order valence-corrected chi connectivity index (χ0v) is 17.6. The standard InChI is InChI=1S/C18H31N3O2.HI/c1-5-22-13-11-20-18(19-4)21-14-16-8-6-7-9-17(16)23-12-10-15(2)3;/h6-9,15H,5,10-14H2,1-4H3,(H2,19,20,21);1H. The monoisotopic (exact) mass is 449 g/mol. The van der Waals surface area contributed by atoms with E-state index in [1.54, 1.807) is 7.05 Å². The molecule has 24 heavy (non-hydrogen) atoms. The summed E-state index contributed by atoms with van der Waals surface area (Å²) in [6.45, 7) is 9.95. The molecule has 1 aromatic rings. The number of guanidine groups is 1. The molecule has 5 nitrogen and oxygen atoms in total. The Morgan fingerprint density at radius 3 is 2.58 bits per heavy atom. The van der Waals surface area contributed by atoms with Crippen LogP contribution in [0.4, 0.5) is 0 Å². The van der Waals surface area contributed by atoms with Crippen molar-refractivity contribution >= 4 is 29.9 Å². The van der Waals surface area contributed by atoms with Gasteiger partial charge in [-0.3, -0.25) is 4.99 Å². The molecular weight excluding hydrogens is 417 g/mol. The number of rotatable bonds is 10. The number of ether oxygens (including phenoxy) is 2. The molecule has 0 aliphatic carbocycles. The average Bonchev–Trinajstić information content (AvgIpc) is 2.55. The average molecular weight is 449 g/mol. The second-order valence-electron chi connectivity index (χ2n) is 5.69. The largest absolute Gasteiger partial charge is 0.493 e. The van der Waals surface area contributed by atoms with Crippen molar-refractivity contribution in [3.63, 3.8) is 0 Å². The summed E-state index contributed by atoms with van der Waals surface area (Å²) in [5.41, 5.74) is 1.13. The quantitative estimate of drug-likeness (QED) is 0.249. The van der Waals surface area contributed by atoms with Gasteiger partial charge in [-0.2, -0.15) is 0 Å². The lowest BCUT2D eigenvalue weighted by Crippen LogP contribution is -2.38. The molecule has 0 bridgehead atoms. The summed E-state index contributed by atoms with van der Waals surface area (Å²) in [6, 6.07) is 8.12. The van der Waals surface area contributed by atoms with Gasteiger partial charge in [0.1, 0.15) is 5.75 Å². The first-order valence-electron chi connectivity index (χ1n) is 8.40. The lowest BCUT2D eigenvalue weighted by molar-refractivity contribution is 0.152. The highest BCUT2D eigenvalue weighted by atomic mass is 127. The van der Waals surface area contributed by atoms with Crippen LogP contribution in [0.1, 0.15) is 32.8 Å². The van der Waals surface area contributed by atoms with E-state index in [0.717, 1.165) is 43.5 Å². The molecule has 0 aliphatic heterocycles. The third-order valence-corrected chi connectivity index (χ3v) is 3.34. The van der Waals surface area contributed by atoms with E-state index in [1.807, 2.05) is 25.1 Å². The molecule has 0 saturated carbocycles. The minimum absolute atomic E-state index is 0. The lowest BCUT2D eigenvalue weighted by Gasteiger charge is -2.15. The molecule has 0 amide bonds. The number of nitrogens with one attached hydrogen (secondary N) is 2. The third kappa shape index (κ3) is 9.97. The van der Waals surface area contributed by atoms with Crippen molar-refractivity contribution in [2.75, 3.05) is 33.4 Å². The van der Waals surface area contributed by atoms with E-state index >= 15 is 0 Å². The van der Waals surface area contributed by atoms with Gasteiger partial charge in [0.25, 0.3) is 0 Å². The van der Waals surface area contributed by atoms with Crippen LogP contribution in [0.25, 0.3) is 0 Å². The second kappa shape index (κ2) is 14.3. The predicted octanol–water partition coefficient (Wildman–Crippen LogP) is 3.43. The molecule has 0 fully saturated rings. The summed E-state index contributed by atoms with van der Waals surface area (Å²) in [5, 5.41) is 6.53. The van der Waals surface area contributed by atoms with Crippen LogP contribution >= 0.6 is 24.0 Å². The Kier molecular flexibility index (Phi) is 13.7. The molecule has 6 heteroatoms. The van der Waals surface area contributed by atoms with Gasteiger partial charge in [0.15, 0.2) is 5.96 Å². The van der Waals surface area contributed by atoms with Crippen molar-refractivity contribution in [1.82, 2.24) is 10.6 Å². The van der Waals surface area contributed by atoms with Crippen molar-refractivity contribution in [3.8, 4) is 5.75 Å². The Labute approximate surface area is 163 Å². The van der Waals surface area contributed by atoms with Crippen molar-refractivity contribution in [3.05, 3.63) is 29.8 Å². The molecule has 0 spiro atoms. The molecule has 0 saturated heterocycles. The van der Waals surface area contributed by atoms with Crippen molar-refractivity contribution in [2.24, 2.45) is 10.9 Å². The van der Waals surface area contributed by atoms with E-state index in [9.17, 15) is 0 Å². The maximum absolute atomic E-state index is 5.91. The van der Waals surface area contributed by atoms with E-state index in [1.165, 1.54) is 0 Å². The maximum atomic E-state index is 5.91. The van der Waals surface area contributed by atoms with Crippen LogP contribution in [0, 0.1) is 5.92 Å². The number of hydrogen-bond acceptors (Lipinski definition) is 3. The Hall–Kier alpha value is -1.02. The summed E-state index contributed by atoms with van der Waals surface area (Å²) in [4.78, 5) is 4.21. The molecule has 1 aromatic carbocycles. The van der Waals surface area contributed by atoms with E-state index < -0.39 is 0 Å². The van der Waals surface area contributed by atoms with E-state index in [0.29, 0.717) is 19.1 Å². The first-order chi connectivity index (χ1) is 11.2. The molecule has 138 valence electrons. The number of hydrogen-bond donors (Lipinski definition) is 2. The summed E-state index contributed by atoms with van der Waals surface area (Å²) in [5.74, 6) is 2.35. The Morgan fingerprint density at radius 1 is 1.17 bits per heavy atom. The van der Waals surface area contributed by atoms with E-state index in [-0.39, 0.29) is 24.0 Å². The molecule has 0 aromatic heterocycles. The van der Waals surface area contributed by atoms with E-state index in [4.69, 9.17) is 9.47 Å². The first-order valence-corrected chi connectivity index (χ1v) is 8.40. The molecule has 0 radical (unpaired) electrons. The van der Waals surface area contributed by atoms with Crippen LogP contribution in [-0.4, -0.2) is 39.4 Å². The van der Waals surface area contributed by atoms with Gasteiger partial charge < -0.3 is 20.1 Å². The van der Waals surface area contributed by atoms with Crippen molar-refractivity contribution in [1.29, 1.82) is 0 Å². The van der Waals surface area contributed by atoms with Gasteiger partial charge in [-0.1, -0.05) is 32.0 Å². The fraction of sp³-hybridized carbons (Fsp3) is 0.611. The maximum Gasteiger partial charge on any atom is 0.191 e. The van der Waals surface area contributed by atoms with E-state index in [2.05, 4.69) is 35.5 Å². The Bertz CT molecular complexity index is 467. The molecule has 0 aliphatic rings. The summed E-state index contributed by atoms with van der Waals surface area (Å²) in [7, 11) is 1.76. The highest BCUT2D eigenvalue weighted by molar-refractivity contribution is 14.0. The third-order valence-electron chi connectivity index (χ3n) is 3.34. The van der Waals surface area contributed by atoms with Gasteiger partial charge in [0.05, 0.1) is 13.2 Å². The van der Waals surface area contributed by atoms with Crippen LogP contribution in [-0.2, 0) is 11.3 Å². The second-order valence-corrected chi connectivity index (χ2v) is 5.69. The minimum atomic E-state index is 0. The van der Waals surface area contributed by atoms with Crippen LogP contribution in [0.5, 0.6) is 5.75 Å². The zero-order chi connectivity index (χ0) is 16.9. The number of para-hydroxylation sites is 1. The highest BCUT2D eigenvalue weighted by Gasteiger charge is 2.05.